The molecule has 0 rings (SSSR count). The second-order valence-electron chi connectivity index (χ2n) is 2.97. The summed E-state index contributed by atoms with van der Waals surface area (Å²) in [6.45, 7) is 4.35. The number of rotatable bonds is 3. The van der Waals surface area contributed by atoms with Crippen molar-refractivity contribution in [1.82, 2.24) is 0 Å². The van der Waals surface area contributed by atoms with Crippen LogP contribution in [-0.4, -0.2) is 73.5 Å². The SMILES string of the molecule is CC(C)C(C)(C(=O)O)C(=O)O.[KH]. The number of carboxylic acids is 2. The van der Waals surface area contributed by atoms with Crippen LogP contribution < -0.4 is 0 Å². The zero-order valence-corrected chi connectivity index (χ0v) is 6.79. The van der Waals surface area contributed by atoms with Gasteiger partial charge in [0.1, 0.15) is 0 Å². The van der Waals surface area contributed by atoms with E-state index >= 15 is 0 Å². The molecule has 0 radical (unpaired) electrons. The molecule has 4 nitrogen and oxygen atoms in total. The summed E-state index contributed by atoms with van der Waals surface area (Å²) in [5, 5.41) is 17.2. The molecule has 0 saturated carbocycles. The first-order valence-electron chi connectivity index (χ1n) is 3.30. The molecule has 0 amide bonds. The van der Waals surface area contributed by atoms with E-state index in [9.17, 15) is 9.59 Å². The normalized spacial score (nSPS) is 10.7. The zero-order chi connectivity index (χ0) is 9.23. The van der Waals surface area contributed by atoms with E-state index in [0.717, 1.165) is 0 Å². The summed E-state index contributed by atoms with van der Waals surface area (Å²) in [4.78, 5) is 21.0. The number of aliphatic carboxylic acids is 2. The van der Waals surface area contributed by atoms with Gasteiger partial charge in [-0.05, 0) is 12.8 Å². The second kappa shape index (κ2) is 5.34. The Morgan fingerprint density at radius 3 is 1.42 bits per heavy atom. The Labute approximate surface area is 114 Å². The Kier molecular flexibility index (Phi) is 6.70. The summed E-state index contributed by atoms with van der Waals surface area (Å²) in [6, 6.07) is 0. The Bertz CT molecular complexity index is 174. The van der Waals surface area contributed by atoms with Crippen LogP contribution in [0.5, 0.6) is 0 Å². The van der Waals surface area contributed by atoms with Crippen molar-refractivity contribution in [3.05, 3.63) is 0 Å². The third kappa shape index (κ3) is 2.81. The van der Waals surface area contributed by atoms with Crippen molar-refractivity contribution in [3.8, 4) is 0 Å². The van der Waals surface area contributed by atoms with Gasteiger partial charge in [0, 0.05) is 0 Å². The van der Waals surface area contributed by atoms with E-state index in [1.54, 1.807) is 13.8 Å². The first-order chi connectivity index (χ1) is 4.83. The molecule has 0 aliphatic heterocycles. The van der Waals surface area contributed by atoms with Crippen molar-refractivity contribution >= 4 is 63.3 Å². The van der Waals surface area contributed by atoms with Crippen molar-refractivity contribution < 1.29 is 19.8 Å². The average molecular weight is 200 g/mol. The van der Waals surface area contributed by atoms with Gasteiger partial charge in [0.15, 0.2) is 5.41 Å². The van der Waals surface area contributed by atoms with Gasteiger partial charge in [0.05, 0.1) is 0 Å². The molecule has 0 aromatic carbocycles. The van der Waals surface area contributed by atoms with Gasteiger partial charge in [-0.3, -0.25) is 9.59 Å². The Morgan fingerprint density at radius 1 is 1.17 bits per heavy atom. The van der Waals surface area contributed by atoms with Crippen molar-refractivity contribution in [3.63, 3.8) is 0 Å². The fraction of sp³-hybridized carbons (Fsp3) is 0.714. The van der Waals surface area contributed by atoms with E-state index in [0.29, 0.717) is 0 Å². The van der Waals surface area contributed by atoms with Gasteiger partial charge in [0.25, 0.3) is 0 Å². The van der Waals surface area contributed by atoms with E-state index in [4.69, 9.17) is 10.2 Å². The summed E-state index contributed by atoms with van der Waals surface area (Å²) < 4.78 is 0. The summed E-state index contributed by atoms with van der Waals surface area (Å²) >= 11 is 0. The second-order valence-corrected chi connectivity index (χ2v) is 2.97. The minimum atomic E-state index is -1.67. The average Bonchev–Trinajstić information content (AvgIpc) is 1.84. The minimum absolute atomic E-state index is 0. The molecule has 0 aromatic rings. The van der Waals surface area contributed by atoms with Gasteiger partial charge in [-0.1, -0.05) is 13.8 Å². The summed E-state index contributed by atoms with van der Waals surface area (Å²) in [5.41, 5.74) is -1.67. The monoisotopic (exact) mass is 200 g/mol. The fourth-order valence-electron chi connectivity index (χ4n) is 0.585. The van der Waals surface area contributed by atoms with E-state index < -0.39 is 23.3 Å². The van der Waals surface area contributed by atoms with Gasteiger partial charge in [-0.15, -0.1) is 0 Å². The molecule has 0 aliphatic rings. The van der Waals surface area contributed by atoms with Crippen LogP contribution in [0, 0.1) is 11.3 Å². The molecule has 0 unspecified atom stereocenters. The maximum absolute atomic E-state index is 10.5. The van der Waals surface area contributed by atoms with Crippen molar-refractivity contribution in [2.24, 2.45) is 11.3 Å². The summed E-state index contributed by atoms with van der Waals surface area (Å²) in [7, 11) is 0. The molecule has 0 fully saturated rings. The van der Waals surface area contributed by atoms with Crippen molar-refractivity contribution in [2.75, 3.05) is 0 Å². The van der Waals surface area contributed by atoms with Crippen LogP contribution in [0.3, 0.4) is 0 Å². The molecule has 0 heterocycles. The molecule has 0 atom stereocenters. The Hall–Kier alpha value is 0.576. The summed E-state index contributed by atoms with van der Waals surface area (Å²) in [6.07, 6.45) is 0. The molecule has 0 bridgehead atoms. The van der Waals surface area contributed by atoms with Crippen LogP contribution in [0.15, 0.2) is 0 Å². The van der Waals surface area contributed by atoms with Crippen molar-refractivity contribution in [1.29, 1.82) is 0 Å². The van der Waals surface area contributed by atoms with Crippen LogP contribution in [0.25, 0.3) is 0 Å². The number of hydrogen-bond donors (Lipinski definition) is 2. The predicted molar refractivity (Wildman–Crippen MR) is 45.4 cm³/mol. The Balaban J connectivity index is 0. The van der Waals surface area contributed by atoms with E-state index in [1.807, 2.05) is 0 Å². The number of carboxylic acid groups (broad SMARTS) is 2. The first kappa shape index (κ1) is 15.1. The molecular formula is C7H13KO4. The molecule has 0 saturated heterocycles. The van der Waals surface area contributed by atoms with Crippen molar-refractivity contribution in [2.45, 2.75) is 20.8 Å². The van der Waals surface area contributed by atoms with Crippen LogP contribution in [0.2, 0.25) is 0 Å². The maximum atomic E-state index is 10.5. The molecule has 0 spiro atoms. The topological polar surface area (TPSA) is 74.6 Å². The van der Waals surface area contributed by atoms with Gasteiger partial charge in [-0.25, -0.2) is 0 Å². The standard InChI is InChI=1S/C7H12O4.K.H/c1-4(2)7(3,5(8)9)6(10)11;;/h4H,1-3H3,(H,8,9)(H,10,11);;. The molecule has 0 aliphatic carbocycles. The van der Waals surface area contributed by atoms with Crippen LogP contribution in [0.4, 0.5) is 0 Å². The zero-order valence-electron chi connectivity index (χ0n) is 6.79. The third-order valence-corrected chi connectivity index (χ3v) is 2.04. The fourth-order valence-corrected chi connectivity index (χ4v) is 0.585. The van der Waals surface area contributed by atoms with E-state index in [2.05, 4.69) is 0 Å². The molecule has 66 valence electrons. The van der Waals surface area contributed by atoms with Gasteiger partial charge in [0.2, 0.25) is 0 Å². The quantitative estimate of drug-likeness (QED) is 0.503. The molecule has 0 aromatic heterocycles. The van der Waals surface area contributed by atoms with Gasteiger partial charge >= 0.3 is 63.3 Å². The van der Waals surface area contributed by atoms with Crippen LogP contribution in [-0.2, 0) is 9.59 Å². The van der Waals surface area contributed by atoms with Gasteiger partial charge in [-0.2, -0.15) is 0 Å². The number of hydrogen-bond acceptors (Lipinski definition) is 2. The van der Waals surface area contributed by atoms with Crippen LogP contribution in [0.1, 0.15) is 20.8 Å². The molecule has 2 N–H and O–H groups in total. The number of carbonyl (C=O) groups is 2. The van der Waals surface area contributed by atoms with E-state index in [-0.39, 0.29) is 51.4 Å². The predicted octanol–water partition coefficient (Wildman–Crippen LogP) is 0.169. The molecule has 12 heavy (non-hydrogen) atoms. The van der Waals surface area contributed by atoms with E-state index in [1.165, 1.54) is 6.92 Å². The molecular weight excluding hydrogens is 187 g/mol. The first-order valence-corrected chi connectivity index (χ1v) is 3.30. The third-order valence-electron chi connectivity index (χ3n) is 2.04. The van der Waals surface area contributed by atoms with Gasteiger partial charge < -0.3 is 10.2 Å². The Morgan fingerprint density at radius 2 is 1.42 bits per heavy atom. The molecule has 5 heteroatoms. The summed E-state index contributed by atoms with van der Waals surface area (Å²) in [5.74, 6) is -3.00. The van der Waals surface area contributed by atoms with Crippen LogP contribution >= 0.6 is 0 Å².